The van der Waals surface area contributed by atoms with Gasteiger partial charge < -0.3 is 5.32 Å². The molecule has 3 rings (SSSR count). The van der Waals surface area contributed by atoms with Gasteiger partial charge in [0.1, 0.15) is 0 Å². The molecule has 1 N–H and O–H groups in total. The van der Waals surface area contributed by atoms with E-state index < -0.39 is 9.84 Å². The molecule has 0 unspecified atom stereocenters. The van der Waals surface area contributed by atoms with Crippen LogP contribution >= 0.6 is 17.0 Å². The molecule has 120 valence electrons. The molecular formula is C18H18BrNO2S. The highest BCUT2D eigenvalue weighted by atomic mass is 79.9. The molecule has 0 atom stereocenters. The summed E-state index contributed by atoms with van der Waals surface area (Å²) in [5, 5.41) is 4.73. The van der Waals surface area contributed by atoms with Crippen molar-refractivity contribution in [2.75, 3.05) is 7.05 Å². The molecule has 0 fully saturated rings. The first-order valence-electron chi connectivity index (χ1n) is 7.09. The van der Waals surface area contributed by atoms with E-state index in [9.17, 15) is 8.42 Å². The maximum absolute atomic E-state index is 12.9. The molecule has 0 heterocycles. The minimum absolute atomic E-state index is 0. The van der Waals surface area contributed by atoms with Crippen LogP contribution in [0, 0.1) is 0 Å². The monoisotopic (exact) mass is 391 g/mol. The van der Waals surface area contributed by atoms with Gasteiger partial charge in [0.2, 0.25) is 9.84 Å². The minimum Gasteiger partial charge on any atom is -0.316 e. The molecule has 5 heteroatoms. The summed E-state index contributed by atoms with van der Waals surface area (Å²) in [6, 6.07) is 19.9. The molecule has 0 amide bonds. The summed E-state index contributed by atoms with van der Waals surface area (Å²) in [6.07, 6.45) is 0. The lowest BCUT2D eigenvalue weighted by Gasteiger charge is -2.09. The van der Waals surface area contributed by atoms with Crippen LogP contribution in [0.1, 0.15) is 5.56 Å². The molecule has 0 aromatic heterocycles. The third kappa shape index (κ3) is 3.47. The maximum Gasteiger partial charge on any atom is 0.207 e. The Morgan fingerprint density at radius 3 is 2.22 bits per heavy atom. The number of fused-ring (bicyclic) bond motifs is 1. The normalized spacial score (nSPS) is 11.2. The summed E-state index contributed by atoms with van der Waals surface area (Å²) in [4.78, 5) is 0.677. The van der Waals surface area contributed by atoms with Crippen LogP contribution in [0.5, 0.6) is 0 Å². The molecule has 23 heavy (non-hydrogen) atoms. The minimum atomic E-state index is -3.52. The highest BCUT2D eigenvalue weighted by Gasteiger charge is 2.19. The SMILES string of the molecule is Br.CNCc1ccc(S(=O)(=O)c2cccc3ccccc23)cc1. The number of rotatable bonds is 4. The molecule has 0 bridgehead atoms. The number of hydrogen-bond acceptors (Lipinski definition) is 3. The number of nitrogens with one attached hydrogen (secondary N) is 1. The molecule has 3 aromatic rings. The lowest BCUT2D eigenvalue weighted by Crippen LogP contribution is -2.06. The molecular weight excluding hydrogens is 374 g/mol. The van der Waals surface area contributed by atoms with E-state index in [1.165, 1.54) is 0 Å². The Balaban J connectivity index is 0.00000192. The van der Waals surface area contributed by atoms with Crippen LogP contribution in [-0.4, -0.2) is 15.5 Å². The zero-order chi connectivity index (χ0) is 15.6. The van der Waals surface area contributed by atoms with E-state index in [0.29, 0.717) is 16.3 Å². The van der Waals surface area contributed by atoms with E-state index in [0.717, 1.165) is 16.3 Å². The number of halogens is 1. The first-order chi connectivity index (χ1) is 10.6. The summed E-state index contributed by atoms with van der Waals surface area (Å²) < 4.78 is 25.8. The zero-order valence-corrected chi connectivity index (χ0v) is 15.2. The average Bonchev–Trinajstić information content (AvgIpc) is 2.55. The Kier molecular flexibility index (Phi) is 5.57. The fourth-order valence-corrected chi connectivity index (χ4v) is 4.03. The topological polar surface area (TPSA) is 46.2 Å². The van der Waals surface area contributed by atoms with Crippen molar-refractivity contribution in [1.82, 2.24) is 5.32 Å². The quantitative estimate of drug-likeness (QED) is 0.731. The number of hydrogen-bond donors (Lipinski definition) is 1. The number of benzene rings is 3. The molecule has 0 aliphatic rings. The van der Waals surface area contributed by atoms with Crippen molar-refractivity contribution in [1.29, 1.82) is 0 Å². The van der Waals surface area contributed by atoms with Crippen molar-refractivity contribution in [2.24, 2.45) is 0 Å². The first kappa shape index (κ1) is 17.7. The summed E-state index contributed by atoms with van der Waals surface area (Å²) >= 11 is 0. The van der Waals surface area contributed by atoms with Crippen LogP contribution < -0.4 is 5.32 Å². The van der Waals surface area contributed by atoms with Crippen LogP contribution in [0.2, 0.25) is 0 Å². The van der Waals surface area contributed by atoms with Crippen molar-refractivity contribution in [3.63, 3.8) is 0 Å². The molecule has 0 radical (unpaired) electrons. The molecule has 0 aliphatic carbocycles. The Hall–Kier alpha value is -1.69. The summed E-state index contributed by atoms with van der Waals surface area (Å²) in [6.45, 7) is 0.717. The first-order valence-corrected chi connectivity index (χ1v) is 8.57. The average molecular weight is 392 g/mol. The Labute approximate surface area is 147 Å². The second-order valence-corrected chi connectivity index (χ2v) is 7.07. The van der Waals surface area contributed by atoms with Crippen LogP contribution in [0.3, 0.4) is 0 Å². The molecule has 0 aliphatic heterocycles. The summed E-state index contributed by atoms with van der Waals surface area (Å²) in [5.74, 6) is 0. The Morgan fingerprint density at radius 2 is 1.52 bits per heavy atom. The van der Waals surface area contributed by atoms with Gasteiger partial charge in [-0.05, 0) is 36.2 Å². The van der Waals surface area contributed by atoms with Crippen molar-refractivity contribution < 1.29 is 8.42 Å². The summed E-state index contributed by atoms with van der Waals surface area (Å²) in [5.41, 5.74) is 1.05. The molecule has 3 aromatic carbocycles. The predicted molar refractivity (Wildman–Crippen MR) is 98.9 cm³/mol. The van der Waals surface area contributed by atoms with Gasteiger partial charge in [-0.25, -0.2) is 8.42 Å². The van der Waals surface area contributed by atoms with Crippen LogP contribution in [0.25, 0.3) is 10.8 Å². The highest BCUT2D eigenvalue weighted by Crippen LogP contribution is 2.28. The van der Waals surface area contributed by atoms with Crippen molar-refractivity contribution >= 4 is 37.6 Å². The van der Waals surface area contributed by atoms with E-state index >= 15 is 0 Å². The smallest absolute Gasteiger partial charge is 0.207 e. The van der Waals surface area contributed by atoms with E-state index in [4.69, 9.17) is 0 Å². The van der Waals surface area contributed by atoms with Gasteiger partial charge >= 0.3 is 0 Å². The Morgan fingerprint density at radius 1 is 0.870 bits per heavy atom. The van der Waals surface area contributed by atoms with E-state index in [-0.39, 0.29) is 17.0 Å². The molecule has 3 nitrogen and oxygen atoms in total. The van der Waals surface area contributed by atoms with Crippen LogP contribution in [-0.2, 0) is 16.4 Å². The standard InChI is InChI=1S/C18H17NO2S.BrH/c1-19-13-14-9-11-16(12-10-14)22(20,21)18-8-4-6-15-5-2-3-7-17(15)18;/h2-12,19H,13H2,1H3;1H. The van der Waals surface area contributed by atoms with Gasteiger partial charge in [-0.2, -0.15) is 0 Å². The maximum atomic E-state index is 12.9. The van der Waals surface area contributed by atoms with Gasteiger partial charge in [0.05, 0.1) is 9.79 Å². The Bertz CT molecular complexity index is 900. The van der Waals surface area contributed by atoms with Gasteiger partial charge in [0, 0.05) is 11.9 Å². The van der Waals surface area contributed by atoms with Gasteiger partial charge in [-0.15, -0.1) is 17.0 Å². The molecule has 0 spiro atoms. The molecule has 0 saturated carbocycles. The van der Waals surface area contributed by atoms with Crippen LogP contribution in [0.4, 0.5) is 0 Å². The second-order valence-electron chi connectivity index (χ2n) is 5.16. The molecule has 0 saturated heterocycles. The van der Waals surface area contributed by atoms with E-state index in [2.05, 4.69) is 5.32 Å². The fraction of sp³-hybridized carbons (Fsp3) is 0.111. The lowest BCUT2D eigenvalue weighted by molar-refractivity contribution is 0.597. The van der Waals surface area contributed by atoms with Crippen LogP contribution in [0.15, 0.2) is 76.5 Å². The van der Waals surface area contributed by atoms with Crippen molar-refractivity contribution in [2.45, 2.75) is 16.3 Å². The lowest BCUT2D eigenvalue weighted by atomic mass is 10.1. The van der Waals surface area contributed by atoms with Gasteiger partial charge in [-0.3, -0.25) is 0 Å². The second kappa shape index (κ2) is 7.25. The fourth-order valence-electron chi connectivity index (χ4n) is 2.55. The number of sulfone groups is 1. The van der Waals surface area contributed by atoms with Gasteiger partial charge in [0.25, 0.3) is 0 Å². The van der Waals surface area contributed by atoms with Gasteiger partial charge in [-0.1, -0.05) is 48.5 Å². The van der Waals surface area contributed by atoms with E-state index in [1.54, 1.807) is 24.3 Å². The third-order valence-electron chi connectivity index (χ3n) is 3.65. The van der Waals surface area contributed by atoms with E-state index in [1.807, 2.05) is 49.5 Å². The van der Waals surface area contributed by atoms with Crippen molar-refractivity contribution in [3.8, 4) is 0 Å². The zero-order valence-electron chi connectivity index (χ0n) is 12.7. The summed E-state index contributed by atoms with van der Waals surface area (Å²) in [7, 11) is -1.66. The van der Waals surface area contributed by atoms with Gasteiger partial charge in [0.15, 0.2) is 0 Å². The predicted octanol–water partition coefficient (Wildman–Crippen LogP) is 3.97. The largest absolute Gasteiger partial charge is 0.316 e. The third-order valence-corrected chi connectivity index (χ3v) is 5.48. The van der Waals surface area contributed by atoms with Crippen molar-refractivity contribution in [3.05, 3.63) is 72.3 Å². The highest BCUT2D eigenvalue weighted by molar-refractivity contribution is 8.93.